The van der Waals surface area contributed by atoms with Crippen LogP contribution in [0, 0.1) is 6.33 Å². The molecule has 17 rings (SSSR count). The molecule has 0 atom stereocenters. The number of benzene rings is 10. The molecule has 0 amide bonds. The molecular weight excluding hydrogens is 937 g/mol. The lowest BCUT2D eigenvalue weighted by molar-refractivity contribution is -0.571. The Balaban J connectivity index is 0.887. The van der Waals surface area contributed by atoms with Gasteiger partial charge in [0.15, 0.2) is 0 Å². The van der Waals surface area contributed by atoms with Crippen molar-refractivity contribution >= 4 is 32.8 Å². The quantitative estimate of drug-likeness (QED) is 0.127. The maximum atomic E-state index is 6.89. The molecule has 1 aliphatic heterocycles. The van der Waals surface area contributed by atoms with E-state index in [0.717, 1.165) is 67.3 Å². The van der Waals surface area contributed by atoms with Gasteiger partial charge in [0.25, 0.3) is 6.33 Å². The first-order valence-corrected chi connectivity index (χ1v) is 26.7. The number of imidazole rings is 1. The van der Waals surface area contributed by atoms with E-state index in [9.17, 15) is 0 Å². The Kier molecular flexibility index (Phi) is 9.22. The van der Waals surface area contributed by atoms with Gasteiger partial charge in [-0.3, -0.25) is 13.7 Å². The van der Waals surface area contributed by atoms with E-state index in [2.05, 4.69) is 271 Å². The molecule has 77 heavy (non-hydrogen) atoms. The molecule has 0 N–H and O–H groups in total. The van der Waals surface area contributed by atoms with Crippen molar-refractivity contribution < 1.29 is 9.30 Å². The first-order chi connectivity index (χ1) is 37.8. The van der Waals surface area contributed by atoms with Crippen molar-refractivity contribution in [2.75, 3.05) is 0 Å². The highest BCUT2D eigenvalue weighted by Gasteiger charge is 2.52. The molecule has 5 nitrogen and oxygen atoms in total. The minimum absolute atomic E-state index is 0.0278. The summed E-state index contributed by atoms with van der Waals surface area (Å²) in [5, 5.41) is 2.32. The van der Waals surface area contributed by atoms with Gasteiger partial charge in [0.2, 0.25) is 0 Å². The predicted octanol–water partition coefficient (Wildman–Crippen LogP) is 16.8. The standard InChI is InChI=1S/C72H50N4O/c1-71(2,3)45-38-39-73-68(41-45)76-65-32-15-10-23-54(65)55-37-35-49(43-67(55)76)77-48-19-16-18-47(42-48)74-44-75-64-31-14-9-22-53(64)51-21-5-4-20-50(51)52-36-34-46(40-60(52)56-27-17-33-66(74)70(56)75)72-61-28-11-6-24-57(61)69(58-25-7-12-29-62(58)72)59-26-8-13-30-63(59)72/h4-43,69H,1-3H3. The normalized spacial score (nSPS) is 15.6. The van der Waals surface area contributed by atoms with Crippen molar-refractivity contribution in [2.24, 2.45) is 0 Å². The smallest absolute Gasteiger partial charge is 0.269 e. The summed E-state index contributed by atoms with van der Waals surface area (Å²) in [4.78, 5) is 4.93. The number of ether oxygens (including phenoxy) is 1. The number of hydrogen-bond donors (Lipinski definition) is 0. The second-order valence-electron chi connectivity index (χ2n) is 22.0. The van der Waals surface area contributed by atoms with Gasteiger partial charge in [0.1, 0.15) is 17.3 Å². The van der Waals surface area contributed by atoms with E-state index in [1.54, 1.807) is 0 Å². The average molecular weight is 987 g/mol. The van der Waals surface area contributed by atoms with Crippen molar-refractivity contribution in [3.63, 3.8) is 0 Å². The summed E-state index contributed by atoms with van der Waals surface area (Å²) in [5.74, 6) is 2.53. The third kappa shape index (κ3) is 6.23. The van der Waals surface area contributed by atoms with Crippen LogP contribution in [0.15, 0.2) is 243 Å². The molecule has 13 aromatic rings. The minimum Gasteiger partial charge on any atom is -0.458 e. The third-order valence-electron chi connectivity index (χ3n) is 16.9. The Morgan fingerprint density at radius 1 is 0.481 bits per heavy atom. The van der Waals surface area contributed by atoms with Gasteiger partial charge in [0, 0.05) is 29.0 Å². The van der Waals surface area contributed by atoms with Gasteiger partial charge < -0.3 is 4.74 Å². The monoisotopic (exact) mass is 986 g/mol. The fourth-order valence-corrected chi connectivity index (χ4v) is 13.6. The maximum absolute atomic E-state index is 6.89. The van der Waals surface area contributed by atoms with Crippen molar-refractivity contribution in [3.8, 4) is 62.1 Å². The summed E-state index contributed by atoms with van der Waals surface area (Å²) < 4.78 is 13.7. The number of hydrogen-bond acceptors (Lipinski definition) is 2. The highest BCUT2D eigenvalue weighted by molar-refractivity contribution is 6.09. The van der Waals surface area contributed by atoms with Gasteiger partial charge >= 0.3 is 0 Å². The minimum atomic E-state index is -0.536. The topological polar surface area (TPSA) is 35.9 Å². The van der Waals surface area contributed by atoms with Crippen LogP contribution in [-0.4, -0.2) is 14.1 Å². The van der Waals surface area contributed by atoms with Crippen LogP contribution in [0.1, 0.15) is 71.2 Å². The zero-order valence-electron chi connectivity index (χ0n) is 42.9. The number of rotatable bonds is 5. The van der Waals surface area contributed by atoms with Crippen molar-refractivity contribution in [1.82, 2.24) is 14.1 Å². The highest BCUT2D eigenvalue weighted by Crippen LogP contribution is 2.62. The lowest BCUT2D eigenvalue weighted by atomic mass is 9.51. The molecule has 10 aromatic carbocycles. The van der Waals surface area contributed by atoms with Crippen LogP contribution in [0.4, 0.5) is 0 Å². The molecule has 0 unspecified atom stereocenters. The molecule has 0 saturated heterocycles. The first kappa shape index (κ1) is 43.8. The summed E-state index contributed by atoms with van der Waals surface area (Å²) in [7, 11) is 0. The Bertz CT molecular complexity index is 4510. The second kappa shape index (κ2) is 16.2. The van der Waals surface area contributed by atoms with E-state index in [1.165, 1.54) is 72.1 Å². The van der Waals surface area contributed by atoms with Crippen molar-refractivity contribution in [1.29, 1.82) is 0 Å². The average Bonchev–Trinajstić information content (AvgIpc) is 4.22. The SMILES string of the molecule is CC(C)(C)c1ccnc(-n2c3ccccc3c3ccc(Oc4cccc(-n5[c-][n+]6c7c(cccc75)-c5cc(C78c9ccccc9C(c9ccccc97)c7ccccc78)ccc5-c5ccccc5-c5ccccc5-6)c4)cc32)c1. The Hall–Kier alpha value is -9.58. The molecule has 364 valence electrons. The summed E-state index contributed by atoms with van der Waals surface area (Å²) in [6.45, 7) is 6.73. The van der Waals surface area contributed by atoms with Crippen LogP contribution in [0.3, 0.4) is 0 Å². The van der Waals surface area contributed by atoms with Gasteiger partial charge in [-0.1, -0.05) is 191 Å². The second-order valence-corrected chi connectivity index (χ2v) is 22.0. The van der Waals surface area contributed by atoms with E-state index in [0.29, 0.717) is 0 Å². The molecule has 4 heterocycles. The lowest BCUT2D eigenvalue weighted by Gasteiger charge is -2.51. The maximum Gasteiger partial charge on any atom is 0.269 e. The van der Waals surface area contributed by atoms with Gasteiger partial charge in [-0.2, -0.15) is 0 Å². The molecule has 5 heteroatoms. The highest BCUT2D eigenvalue weighted by atomic mass is 16.5. The molecule has 0 radical (unpaired) electrons. The Labute approximate surface area is 447 Å². The van der Waals surface area contributed by atoms with Crippen LogP contribution in [0.25, 0.3) is 83.4 Å². The van der Waals surface area contributed by atoms with E-state index in [4.69, 9.17) is 9.72 Å². The van der Waals surface area contributed by atoms with Crippen LogP contribution in [-0.2, 0) is 10.8 Å². The Morgan fingerprint density at radius 3 is 1.83 bits per heavy atom. The van der Waals surface area contributed by atoms with Gasteiger partial charge in [-0.05, 0) is 144 Å². The molecule has 4 aliphatic rings. The van der Waals surface area contributed by atoms with E-state index in [1.807, 2.05) is 12.3 Å². The molecule has 0 saturated carbocycles. The molecule has 0 fully saturated rings. The van der Waals surface area contributed by atoms with Crippen LogP contribution >= 0.6 is 0 Å². The number of pyridine rings is 1. The van der Waals surface area contributed by atoms with E-state index >= 15 is 0 Å². The van der Waals surface area contributed by atoms with Crippen LogP contribution in [0.5, 0.6) is 11.5 Å². The van der Waals surface area contributed by atoms with Gasteiger partial charge in [0.05, 0.1) is 38.9 Å². The van der Waals surface area contributed by atoms with Crippen LogP contribution in [0.2, 0.25) is 0 Å². The lowest BCUT2D eigenvalue weighted by Crippen LogP contribution is -2.43. The molecule has 3 aromatic heterocycles. The predicted molar refractivity (Wildman–Crippen MR) is 310 cm³/mol. The Morgan fingerprint density at radius 2 is 1.08 bits per heavy atom. The largest absolute Gasteiger partial charge is 0.458 e. The van der Waals surface area contributed by atoms with Gasteiger partial charge in [-0.15, -0.1) is 0 Å². The number of fused-ring (bicyclic) bond motifs is 10. The van der Waals surface area contributed by atoms with Crippen LogP contribution < -0.4 is 9.30 Å². The zero-order chi connectivity index (χ0) is 51.1. The zero-order valence-corrected chi connectivity index (χ0v) is 42.9. The molecule has 0 spiro atoms. The summed E-state index contributed by atoms with van der Waals surface area (Å²) in [5.41, 5.74) is 23.4. The third-order valence-corrected chi connectivity index (χ3v) is 16.9. The van der Waals surface area contributed by atoms with Crippen molar-refractivity contribution in [3.05, 3.63) is 294 Å². The van der Waals surface area contributed by atoms with E-state index < -0.39 is 5.41 Å². The van der Waals surface area contributed by atoms with E-state index in [-0.39, 0.29) is 11.3 Å². The number of para-hydroxylation sites is 3. The van der Waals surface area contributed by atoms with Crippen molar-refractivity contribution in [2.45, 2.75) is 37.5 Å². The van der Waals surface area contributed by atoms with Gasteiger partial charge in [-0.25, -0.2) is 4.98 Å². The molecule has 3 aliphatic carbocycles. The summed E-state index contributed by atoms with van der Waals surface area (Å²) in [6.07, 6.45) is 5.87. The summed E-state index contributed by atoms with van der Waals surface area (Å²) in [6, 6.07) is 87.1. The first-order valence-electron chi connectivity index (χ1n) is 26.7. The molecular formula is C72H50N4O. The fourth-order valence-electron chi connectivity index (χ4n) is 13.6. The fraction of sp³-hybridized carbons (Fsp3) is 0.0833. The number of aromatic nitrogens is 4. The molecule has 2 bridgehead atoms. The number of nitrogens with zero attached hydrogens (tertiary/aromatic N) is 4. The summed E-state index contributed by atoms with van der Waals surface area (Å²) >= 11 is 0.